The van der Waals surface area contributed by atoms with Gasteiger partial charge >= 0.3 is 0 Å². The average molecular weight is 871 g/mol. The molecular formula is C61H34N4O3. The lowest BCUT2D eigenvalue weighted by atomic mass is 9.98. The van der Waals surface area contributed by atoms with E-state index in [2.05, 4.69) is 138 Å². The monoisotopic (exact) mass is 870 g/mol. The highest BCUT2D eigenvalue weighted by atomic mass is 16.3. The molecule has 68 heavy (non-hydrogen) atoms. The molecule has 0 saturated heterocycles. The highest BCUT2D eigenvalue weighted by molar-refractivity contribution is 6.15. The lowest BCUT2D eigenvalue weighted by Crippen LogP contribution is -2.02. The van der Waals surface area contributed by atoms with Crippen molar-refractivity contribution in [2.75, 3.05) is 0 Å². The van der Waals surface area contributed by atoms with E-state index in [1.807, 2.05) is 72.8 Å². The van der Waals surface area contributed by atoms with E-state index in [1.54, 1.807) is 0 Å². The summed E-state index contributed by atoms with van der Waals surface area (Å²) in [6.07, 6.45) is 0. The topological polar surface area (TPSA) is 83.0 Å². The molecule has 316 valence electrons. The molecule has 0 aliphatic heterocycles. The van der Waals surface area contributed by atoms with Crippen LogP contribution in [-0.2, 0) is 0 Å². The third-order valence-electron chi connectivity index (χ3n) is 13.6. The van der Waals surface area contributed by atoms with Crippen LogP contribution in [0.15, 0.2) is 220 Å². The first-order valence-corrected chi connectivity index (χ1v) is 22.7. The molecule has 0 bridgehead atoms. The Hall–Kier alpha value is -9.33. The minimum Gasteiger partial charge on any atom is -0.456 e. The Kier molecular flexibility index (Phi) is 7.65. The van der Waals surface area contributed by atoms with Crippen LogP contribution in [0, 0.1) is 0 Å². The second kappa shape index (κ2) is 14.1. The van der Waals surface area contributed by atoms with Gasteiger partial charge in [-0.1, -0.05) is 103 Å². The first kappa shape index (κ1) is 36.9. The lowest BCUT2D eigenvalue weighted by Gasteiger charge is -2.16. The number of aromatic nitrogens is 4. The Morgan fingerprint density at radius 2 is 0.691 bits per heavy atom. The number of rotatable bonds is 5. The molecule has 5 aromatic heterocycles. The minimum absolute atomic E-state index is 0.551. The van der Waals surface area contributed by atoms with Crippen LogP contribution in [0.1, 0.15) is 0 Å². The summed E-state index contributed by atoms with van der Waals surface area (Å²) in [4.78, 5) is 15.9. The fraction of sp³-hybridized carbons (Fsp3) is 0. The fourth-order valence-corrected chi connectivity index (χ4v) is 10.4. The van der Waals surface area contributed by atoms with Crippen LogP contribution in [-0.4, -0.2) is 19.5 Å². The van der Waals surface area contributed by atoms with E-state index in [9.17, 15) is 0 Å². The molecule has 7 nitrogen and oxygen atoms in total. The van der Waals surface area contributed by atoms with Gasteiger partial charge in [0.25, 0.3) is 0 Å². The summed E-state index contributed by atoms with van der Waals surface area (Å²) in [6.45, 7) is 0. The van der Waals surface area contributed by atoms with E-state index < -0.39 is 0 Å². The van der Waals surface area contributed by atoms with Crippen LogP contribution in [0.5, 0.6) is 0 Å². The molecule has 0 spiro atoms. The molecule has 0 saturated carbocycles. The van der Waals surface area contributed by atoms with Crippen LogP contribution < -0.4 is 0 Å². The molecule has 0 N–H and O–H groups in total. The predicted molar refractivity (Wildman–Crippen MR) is 275 cm³/mol. The molecule has 10 aromatic carbocycles. The Bertz CT molecular complexity index is 4460. The predicted octanol–water partition coefficient (Wildman–Crippen LogP) is 16.5. The number of furan rings is 3. The maximum atomic E-state index is 6.35. The number of para-hydroxylation sites is 4. The first-order chi connectivity index (χ1) is 33.6. The molecule has 0 atom stereocenters. The van der Waals surface area contributed by atoms with E-state index in [0.717, 1.165) is 110 Å². The van der Waals surface area contributed by atoms with Gasteiger partial charge in [0.05, 0.1) is 16.7 Å². The van der Waals surface area contributed by atoms with Gasteiger partial charge in [-0.2, -0.15) is 0 Å². The van der Waals surface area contributed by atoms with Crippen molar-refractivity contribution in [3.05, 3.63) is 206 Å². The molecule has 0 aliphatic rings. The van der Waals surface area contributed by atoms with Gasteiger partial charge in [0.15, 0.2) is 17.5 Å². The molecule has 5 heterocycles. The van der Waals surface area contributed by atoms with Crippen LogP contribution in [0.3, 0.4) is 0 Å². The smallest absolute Gasteiger partial charge is 0.164 e. The summed E-state index contributed by atoms with van der Waals surface area (Å²) >= 11 is 0. The number of benzene rings is 10. The van der Waals surface area contributed by atoms with Gasteiger partial charge in [-0.15, -0.1) is 0 Å². The van der Waals surface area contributed by atoms with Crippen molar-refractivity contribution in [1.29, 1.82) is 0 Å². The van der Waals surface area contributed by atoms with Gasteiger partial charge in [-0.05, 0) is 119 Å². The zero-order valence-electron chi connectivity index (χ0n) is 36.1. The Labute approximate surface area is 386 Å². The van der Waals surface area contributed by atoms with Crippen molar-refractivity contribution >= 4 is 98.4 Å². The molecule has 7 heteroatoms. The highest BCUT2D eigenvalue weighted by Crippen LogP contribution is 2.42. The molecule has 0 aliphatic carbocycles. The van der Waals surface area contributed by atoms with Crippen molar-refractivity contribution in [2.24, 2.45) is 0 Å². The van der Waals surface area contributed by atoms with Crippen LogP contribution in [0.4, 0.5) is 0 Å². The molecule has 15 aromatic rings. The average Bonchev–Trinajstić information content (AvgIpc) is 4.16. The van der Waals surface area contributed by atoms with E-state index in [1.165, 1.54) is 21.5 Å². The molecular weight excluding hydrogens is 837 g/mol. The number of hydrogen-bond donors (Lipinski definition) is 0. The van der Waals surface area contributed by atoms with Gasteiger partial charge in [0, 0.05) is 65.3 Å². The summed E-state index contributed by atoms with van der Waals surface area (Å²) in [6, 6.07) is 71.8. The summed E-state index contributed by atoms with van der Waals surface area (Å²) in [5, 5.41) is 11.0. The summed E-state index contributed by atoms with van der Waals surface area (Å²) in [5.74, 6) is 1.66. The standard InChI is InChI=1S/C61H34N4O3/c1-2-12-36-34-52-46(29-35(36)11-1)41-13-3-7-17-50(41)65(52)51-25-21-38(31-45(51)37-22-26-56-47(30-37)42-14-4-8-18-53(42)66-56)59-62-60(39-23-27-57-48(32-39)43-15-5-9-19-54(43)67-57)64-61(63-59)40-24-28-58-49(33-40)44-16-6-10-20-55(44)68-58/h1-34H. The second-order valence-electron chi connectivity index (χ2n) is 17.5. The Morgan fingerprint density at radius 1 is 0.279 bits per heavy atom. The maximum Gasteiger partial charge on any atom is 0.164 e. The van der Waals surface area contributed by atoms with Crippen LogP contribution in [0.25, 0.3) is 149 Å². The van der Waals surface area contributed by atoms with E-state index in [0.29, 0.717) is 17.5 Å². The fourth-order valence-electron chi connectivity index (χ4n) is 10.4. The summed E-state index contributed by atoms with van der Waals surface area (Å²) < 4.78 is 21.3. The second-order valence-corrected chi connectivity index (χ2v) is 17.5. The number of nitrogens with zero attached hydrogens (tertiary/aromatic N) is 4. The summed E-state index contributed by atoms with van der Waals surface area (Å²) in [7, 11) is 0. The van der Waals surface area contributed by atoms with Crippen molar-refractivity contribution in [2.45, 2.75) is 0 Å². The van der Waals surface area contributed by atoms with Gasteiger partial charge in [0.2, 0.25) is 0 Å². The molecule has 0 fully saturated rings. The van der Waals surface area contributed by atoms with Crippen molar-refractivity contribution in [3.8, 4) is 51.0 Å². The zero-order chi connectivity index (χ0) is 44.5. The number of fused-ring (bicyclic) bond motifs is 13. The largest absolute Gasteiger partial charge is 0.456 e. The first-order valence-electron chi connectivity index (χ1n) is 22.7. The van der Waals surface area contributed by atoms with E-state index in [4.69, 9.17) is 28.2 Å². The van der Waals surface area contributed by atoms with Gasteiger partial charge in [0.1, 0.15) is 33.5 Å². The van der Waals surface area contributed by atoms with Crippen molar-refractivity contribution < 1.29 is 13.3 Å². The maximum absolute atomic E-state index is 6.35. The van der Waals surface area contributed by atoms with Crippen molar-refractivity contribution in [3.63, 3.8) is 0 Å². The van der Waals surface area contributed by atoms with Crippen LogP contribution >= 0.6 is 0 Å². The minimum atomic E-state index is 0.551. The van der Waals surface area contributed by atoms with Gasteiger partial charge in [-0.3, -0.25) is 0 Å². The van der Waals surface area contributed by atoms with E-state index >= 15 is 0 Å². The van der Waals surface area contributed by atoms with Crippen LogP contribution in [0.2, 0.25) is 0 Å². The van der Waals surface area contributed by atoms with Gasteiger partial charge < -0.3 is 17.8 Å². The molecule has 0 amide bonds. The van der Waals surface area contributed by atoms with E-state index in [-0.39, 0.29) is 0 Å². The lowest BCUT2D eigenvalue weighted by molar-refractivity contribution is 0.668. The number of hydrogen-bond acceptors (Lipinski definition) is 6. The quantitative estimate of drug-likeness (QED) is 0.171. The molecule has 0 radical (unpaired) electrons. The Morgan fingerprint density at radius 3 is 1.25 bits per heavy atom. The third kappa shape index (κ3) is 5.56. The third-order valence-corrected chi connectivity index (χ3v) is 13.6. The van der Waals surface area contributed by atoms with Gasteiger partial charge in [-0.25, -0.2) is 15.0 Å². The molecule has 0 unspecified atom stereocenters. The van der Waals surface area contributed by atoms with Crippen molar-refractivity contribution in [1.82, 2.24) is 19.5 Å². The zero-order valence-corrected chi connectivity index (χ0v) is 36.1. The SMILES string of the molecule is c1ccc2cc3c(cc2c1)c1ccccc1n3-c1ccc(-c2nc(-c3ccc4oc5ccccc5c4c3)nc(-c3ccc4oc5ccccc5c4c3)n2)cc1-c1ccc2oc3ccccc3c2c1. The Balaban J connectivity index is 0.995. The highest BCUT2D eigenvalue weighted by Gasteiger charge is 2.21. The summed E-state index contributed by atoms with van der Waals surface area (Å²) in [5.41, 5.74) is 12.9. The normalized spacial score (nSPS) is 12.1. The molecule has 15 rings (SSSR count).